The number of nitrogens with one attached hydrogen (secondary N) is 1. The maximum absolute atomic E-state index is 12.3. The number of hydrogen-bond donors (Lipinski definition) is 1. The first-order valence-corrected chi connectivity index (χ1v) is 11.8. The van der Waals surface area contributed by atoms with Crippen molar-refractivity contribution in [3.05, 3.63) is 77.9 Å². The van der Waals surface area contributed by atoms with Crippen molar-refractivity contribution in [3.63, 3.8) is 0 Å². The van der Waals surface area contributed by atoms with Gasteiger partial charge in [0, 0.05) is 38.3 Å². The maximum atomic E-state index is 12.3. The average Bonchev–Trinajstić information content (AvgIpc) is 3.51. The highest BCUT2D eigenvalue weighted by molar-refractivity contribution is 5.78. The number of aromatic nitrogens is 3. The van der Waals surface area contributed by atoms with Crippen LogP contribution in [0.15, 0.2) is 69.6 Å². The van der Waals surface area contributed by atoms with Crippen LogP contribution in [-0.2, 0) is 17.9 Å². The zero-order valence-electron chi connectivity index (χ0n) is 19.7. The fraction of sp³-hybridized carbons (Fsp3) is 0.308. The predicted molar refractivity (Wildman–Crippen MR) is 130 cm³/mol. The topological polar surface area (TPSA) is 101 Å². The highest BCUT2D eigenvalue weighted by atomic mass is 16.5. The quantitative estimate of drug-likeness (QED) is 0.418. The van der Waals surface area contributed by atoms with Crippen molar-refractivity contribution in [2.75, 3.05) is 32.7 Å². The molecule has 2 aromatic carbocycles. The Morgan fingerprint density at radius 1 is 0.943 bits per heavy atom. The third kappa shape index (κ3) is 5.64. The minimum atomic E-state index is 0.0437. The number of aryl methyl sites for hydroxylation is 1. The maximum Gasteiger partial charge on any atom is 0.253 e. The minimum Gasteiger partial charge on any atom is -0.419 e. The van der Waals surface area contributed by atoms with Crippen LogP contribution in [0.3, 0.4) is 0 Å². The Labute approximate surface area is 203 Å². The van der Waals surface area contributed by atoms with Crippen molar-refractivity contribution in [1.29, 1.82) is 0 Å². The van der Waals surface area contributed by atoms with E-state index >= 15 is 0 Å². The normalized spacial score (nSPS) is 14.8. The van der Waals surface area contributed by atoms with Crippen LogP contribution in [0, 0.1) is 6.92 Å². The molecule has 5 rings (SSSR count). The molecule has 35 heavy (non-hydrogen) atoms. The van der Waals surface area contributed by atoms with Gasteiger partial charge in [0.1, 0.15) is 17.0 Å². The van der Waals surface area contributed by atoms with Crippen LogP contribution in [0.25, 0.3) is 22.7 Å². The van der Waals surface area contributed by atoms with Crippen molar-refractivity contribution in [2.24, 2.45) is 0 Å². The number of piperazine rings is 1. The molecule has 9 heteroatoms. The van der Waals surface area contributed by atoms with Gasteiger partial charge in [-0.25, -0.2) is 0 Å². The van der Waals surface area contributed by atoms with Crippen molar-refractivity contribution < 1.29 is 13.7 Å². The van der Waals surface area contributed by atoms with Crippen molar-refractivity contribution >= 4 is 5.91 Å². The largest absolute Gasteiger partial charge is 0.419 e. The second kappa shape index (κ2) is 10.6. The summed E-state index contributed by atoms with van der Waals surface area (Å²) in [6.07, 6.45) is 0. The van der Waals surface area contributed by atoms with E-state index in [-0.39, 0.29) is 5.91 Å². The lowest BCUT2D eigenvalue weighted by atomic mass is 10.1. The van der Waals surface area contributed by atoms with Gasteiger partial charge < -0.3 is 14.3 Å². The number of carbonyl (C=O) groups is 1. The molecular weight excluding hydrogens is 444 g/mol. The number of benzene rings is 2. The van der Waals surface area contributed by atoms with Gasteiger partial charge in [0.2, 0.25) is 11.8 Å². The molecule has 3 heterocycles. The SMILES string of the molecule is Cc1onc(-c2ccccc2)c1-c1nnc(CN2CCN(CC(=O)NCc3ccccc3)CC2)o1. The van der Waals surface area contributed by atoms with E-state index in [9.17, 15) is 4.79 Å². The van der Waals surface area contributed by atoms with E-state index in [2.05, 4.69) is 30.5 Å². The van der Waals surface area contributed by atoms with Gasteiger partial charge in [-0.2, -0.15) is 0 Å². The zero-order valence-corrected chi connectivity index (χ0v) is 19.7. The summed E-state index contributed by atoms with van der Waals surface area (Å²) in [5.74, 6) is 1.64. The van der Waals surface area contributed by atoms with E-state index in [4.69, 9.17) is 8.94 Å². The summed E-state index contributed by atoms with van der Waals surface area (Å²) < 4.78 is 11.4. The van der Waals surface area contributed by atoms with Gasteiger partial charge in [-0.3, -0.25) is 14.6 Å². The van der Waals surface area contributed by atoms with E-state index in [0.717, 1.165) is 42.9 Å². The highest BCUT2D eigenvalue weighted by Gasteiger charge is 2.24. The molecule has 0 radical (unpaired) electrons. The Hall–Kier alpha value is -3.82. The molecule has 180 valence electrons. The minimum absolute atomic E-state index is 0.0437. The van der Waals surface area contributed by atoms with Crippen LogP contribution < -0.4 is 5.32 Å². The monoisotopic (exact) mass is 472 g/mol. The van der Waals surface area contributed by atoms with Gasteiger partial charge in [0.25, 0.3) is 5.89 Å². The number of rotatable bonds is 8. The molecule has 9 nitrogen and oxygen atoms in total. The number of nitrogens with zero attached hydrogens (tertiary/aromatic N) is 5. The smallest absolute Gasteiger partial charge is 0.253 e. The molecule has 0 atom stereocenters. The first-order valence-electron chi connectivity index (χ1n) is 11.8. The lowest BCUT2D eigenvalue weighted by Gasteiger charge is -2.33. The molecule has 1 saturated heterocycles. The third-order valence-electron chi connectivity index (χ3n) is 6.11. The summed E-state index contributed by atoms with van der Waals surface area (Å²) in [5, 5.41) is 15.7. The van der Waals surface area contributed by atoms with E-state index < -0.39 is 0 Å². The second-order valence-electron chi connectivity index (χ2n) is 8.64. The molecule has 1 fully saturated rings. The van der Waals surface area contributed by atoms with E-state index in [1.54, 1.807) is 0 Å². The van der Waals surface area contributed by atoms with Crippen LogP contribution in [0.5, 0.6) is 0 Å². The van der Waals surface area contributed by atoms with Crippen molar-refractivity contribution in [2.45, 2.75) is 20.0 Å². The molecule has 0 unspecified atom stereocenters. The molecule has 1 aliphatic rings. The van der Waals surface area contributed by atoms with Crippen molar-refractivity contribution in [3.8, 4) is 22.7 Å². The second-order valence-corrected chi connectivity index (χ2v) is 8.64. The Morgan fingerprint density at radius 3 is 2.37 bits per heavy atom. The molecule has 1 aliphatic heterocycles. The number of hydrogen-bond acceptors (Lipinski definition) is 8. The Morgan fingerprint density at radius 2 is 1.63 bits per heavy atom. The van der Waals surface area contributed by atoms with Crippen LogP contribution in [-0.4, -0.2) is 63.8 Å². The Balaban J connectivity index is 1.13. The van der Waals surface area contributed by atoms with Crippen molar-refractivity contribution in [1.82, 2.24) is 30.5 Å². The lowest BCUT2D eigenvalue weighted by Crippen LogP contribution is -2.49. The Bertz CT molecular complexity index is 1250. The van der Waals surface area contributed by atoms with Crippen LogP contribution in [0.1, 0.15) is 17.2 Å². The molecule has 1 N–H and O–H groups in total. The third-order valence-corrected chi connectivity index (χ3v) is 6.11. The summed E-state index contributed by atoms with van der Waals surface area (Å²) in [7, 11) is 0. The van der Waals surface area contributed by atoms with Crippen LogP contribution in [0.4, 0.5) is 0 Å². The summed E-state index contributed by atoms with van der Waals surface area (Å²) >= 11 is 0. The summed E-state index contributed by atoms with van der Waals surface area (Å²) in [6, 6.07) is 19.7. The molecular formula is C26H28N6O3. The molecule has 0 aliphatic carbocycles. The molecule has 0 saturated carbocycles. The molecule has 1 amide bonds. The fourth-order valence-corrected chi connectivity index (χ4v) is 4.19. The van der Waals surface area contributed by atoms with E-state index in [1.165, 1.54) is 0 Å². The van der Waals surface area contributed by atoms with E-state index in [1.807, 2.05) is 67.6 Å². The summed E-state index contributed by atoms with van der Waals surface area (Å²) in [6.45, 7) is 6.62. The number of amides is 1. The first kappa shape index (κ1) is 22.9. The molecule has 0 bridgehead atoms. The van der Waals surface area contributed by atoms with Crippen LogP contribution in [0.2, 0.25) is 0 Å². The number of carbonyl (C=O) groups excluding carboxylic acids is 1. The zero-order chi connectivity index (χ0) is 24.0. The van der Waals surface area contributed by atoms with E-state index in [0.29, 0.717) is 42.9 Å². The van der Waals surface area contributed by atoms with Gasteiger partial charge >= 0.3 is 0 Å². The van der Waals surface area contributed by atoms with Gasteiger partial charge in [0.15, 0.2) is 0 Å². The predicted octanol–water partition coefficient (Wildman–Crippen LogP) is 3.13. The van der Waals surface area contributed by atoms with Gasteiger partial charge in [-0.15, -0.1) is 10.2 Å². The molecule has 2 aromatic heterocycles. The average molecular weight is 473 g/mol. The lowest BCUT2D eigenvalue weighted by molar-refractivity contribution is -0.122. The Kier molecular flexibility index (Phi) is 6.97. The fourth-order valence-electron chi connectivity index (χ4n) is 4.19. The van der Waals surface area contributed by atoms with Crippen LogP contribution >= 0.6 is 0 Å². The summed E-state index contributed by atoms with van der Waals surface area (Å²) in [4.78, 5) is 16.7. The first-order chi connectivity index (χ1) is 17.2. The van der Waals surface area contributed by atoms with Gasteiger partial charge in [-0.1, -0.05) is 65.8 Å². The highest BCUT2D eigenvalue weighted by Crippen LogP contribution is 2.33. The van der Waals surface area contributed by atoms with Gasteiger partial charge in [0.05, 0.1) is 13.1 Å². The van der Waals surface area contributed by atoms with Gasteiger partial charge in [-0.05, 0) is 12.5 Å². The standard InChI is InChI=1S/C26H28N6O3/c1-19-24(25(30-35-19)21-10-6-3-7-11-21)26-29-28-23(34-26)18-32-14-12-31(13-15-32)17-22(33)27-16-20-8-4-2-5-9-20/h2-11H,12-18H2,1H3,(H,27,33). The summed E-state index contributed by atoms with van der Waals surface area (Å²) in [5.41, 5.74) is 3.45. The molecule has 4 aromatic rings. The molecule has 0 spiro atoms.